The van der Waals surface area contributed by atoms with Crippen LogP contribution in [0, 0.1) is 25.2 Å². The lowest BCUT2D eigenvalue weighted by atomic mass is 10.1. The number of carbonyl (C=O) groups is 1. The van der Waals surface area contributed by atoms with E-state index in [1.165, 1.54) is 11.1 Å². The van der Waals surface area contributed by atoms with Crippen LogP contribution in [0.4, 0.5) is 5.69 Å². The van der Waals surface area contributed by atoms with Crippen LogP contribution in [0.3, 0.4) is 0 Å². The predicted molar refractivity (Wildman–Crippen MR) is 97.0 cm³/mol. The van der Waals surface area contributed by atoms with Crippen LogP contribution >= 0.6 is 23.2 Å². The number of nitriles is 1. The fourth-order valence-corrected chi connectivity index (χ4v) is 2.71. The van der Waals surface area contributed by atoms with E-state index < -0.39 is 5.56 Å². The quantitative estimate of drug-likeness (QED) is 0.800. The maximum absolute atomic E-state index is 12.7. The number of hydrogen-bond acceptors (Lipinski definition) is 4. The number of anilines is 1. The SMILES string of the molecule is Cc1cc(C)cc(N(CCC#N)C(=O)Cn2ncc(Cl)c(Cl)c2=O)c1. The van der Waals surface area contributed by atoms with Gasteiger partial charge < -0.3 is 4.90 Å². The van der Waals surface area contributed by atoms with Gasteiger partial charge in [-0.2, -0.15) is 10.4 Å². The molecule has 1 aromatic carbocycles. The van der Waals surface area contributed by atoms with Gasteiger partial charge in [-0.3, -0.25) is 9.59 Å². The molecule has 0 saturated carbocycles. The molecule has 1 heterocycles. The minimum absolute atomic E-state index is 0.0333. The van der Waals surface area contributed by atoms with Crippen molar-refractivity contribution in [3.8, 4) is 6.07 Å². The van der Waals surface area contributed by atoms with Crippen LogP contribution in [0.1, 0.15) is 17.5 Å². The van der Waals surface area contributed by atoms with Gasteiger partial charge >= 0.3 is 0 Å². The van der Waals surface area contributed by atoms with Gasteiger partial charge in [-0.1, -0.05) is 29.3 Å². The Morgan fingerprint density at radius 1 is 1.28 bits per heavy atom. The molecule has 1 amide bonds. The first-order valence-electron chi connectivity index (χ1n) is 7.50. The van der Waals surface area contributed by atoms with Gasteiger partial charge in [0, 0.05) is 12.2 Å². The first kappa shape index (κ1) is 19.0. The molecule has 0 bridgehead atoms. The molecule has 0 fully saturated rings. The highest BCUT2D eigenvalue weighted by molar-refractivity contribution is 6.41. The van der Waals surface area contributed by atoms with Gasteiger partial charge in [-0.15, -0.1) is 0 Å². The van der Waals surface area contributed by atoms with E-state index >= 15 is 0 Å². The zero-order valence-corrected chi connectivity index (χ0v) is 15.3. The van der Waals surface area contributed by atoms with Gasteiger partial charge in [0.2, 0.25) is 5.91 Å². The second-order valence-corrected chi connectivity index (χ2v) is 6.35. The van der Waals surface area contributed by atoms with Crippen LogP contribution in [0.25, 0.3) is 0 Å². The van der Waals surface area contributed by atoms with E-state index in [2.05, 4.69) is 5.10 Å². The molecule has 0 unspecified atom stereocenters. The Morgan fingerprint density at radius 2 is 1.92 bits per heavy atom. The monoisotopic (exact) mass is 378 g/mol. The van der Waals surface area contributed by atoms with E-state index in [1.54, 1.807) is 0 Å². The lowest BCUT2D eigenvalue weighted by Gasteiger charge is -2.23. The van der Waals surface area contributed by atoms with Crippen molar-refractivity contribution in [1.29, 1.82) is 5.26 Å². The lowest BCUT2D eigenvalue weighted by Crippen LogP contribution is -2.38. The van der Waals surface area contributed by atoms with Crippen LogP contribution in [0.5, 0.6) is 0 Å². The Morgan fingerprint density at radius 3 is 2.52 bits per heavy atom. The fourth-order valence-electron chi connectivity index (χ4n) is 2.44. The van der Waals surface area contributed by atoms with Crippen molar-refractivity contribution in [2.24, 2.45) is 0 Å². The summed E-state index contributed by atoms with van der Waals surface area (Å²) in [6.07, 6.45) is 1.39. The molecular weight excluding hydrogens is 363 g/mol. The Labute approximate surface area is 155 Å². The average molecular weight is 379 g/mol. The van der Waals surface area contributed by atoms with E-state index in [0.29, 0.717) is 5.69 Å². The molecule has 1 aromatic heterocycles. The van der Waals surface area contributed by atoms with Crippen molar-refractivity contribution in [2.45, 2.75) is 26.8 Å². The smallest absolute Gasteiger partial charge is 0.287 e. The van der Waals surface area contributed by atoms with E-state index in [0.717, 1.165) is 15.8 Å². The Kier molecular flexibility index (Phi) is 6.18. The number of aryl methyl sites for hydroxylation is 2. The van der Waals surface area contributed by atoms with Crippen LogP contribution in [0.15, 0.2) is 29.2 Å². The molecule has 0 aliphatic rings. The van der Waals surface area contributed by atoms with E-state index in [9.17, 15) is 9.59 Å². The summed E-state index contributed by atoms with van der Waals surface area (Å²) in [5.41, 5.74) is 2.03. The third-order valence-electron chi connectivity index (χ3n) is 3.49. The molecule has 0 aliphatic carbocycles. The first-order chi connectivity index (χ1) is 11.8. The summed E-state index contributed by atoms with van der Waals surface area (Å²) < 4.78 is 0.957. The Hall–Kier alpha value is -2.36. The molecule has 25 heavy (non-hydrogen) atoms. The second kappa shape index (κ2) is 8.15. The Balaban J connectivity index is 2.35. The van der Waals surface area contributed by atoms with E-state index in [-0.39, 0.29) is 35.5 Å². The topological polar surface area (TPSA) is 79.0 Å². The van der Waals surface area contributed by atoms with Crippen LogP contribution in [0.2, 0.25) is 10.0 Å². The molecule has 2 rings (SSSR count). The molecule has 8 heteroatoms. The van der Waals surface area contributed by atoms with Crippen LogP contribution in [-0.2, 0) is 11.3 Å². The maximum atomic E-state index is 12.7. The van der Waals surface area contributed by atoms with Gasteiger partial charge in [-0.25, -0.2) is 4.68 Å². The van der Waals surface area contributed by atoms with Crippen LogP contribution < -0.4 is 10.5 Å². The van der Waals surface area contributed by atoms with Gasteiger partial charge in [0.1, 0.15) is 11.6 Å². The zero-order valence-electron chi connectivity index (χ0n) is 13.8. The minimum atomic E-state index is -0.636. The van der Waals surface area contributed by atoms with Crippen molar-refractivity contribution >= 4 is 34.8 Å². The summed E-state index contributed by atoms with van der Waals surface area (Å²) in [6, 6.07) is 7.72. The van der Waals surface area contributed by atoms with Gasteiger partial charge in [0.15, 0.2) is 0 Å². The molecule has 0 aliphatic heterocycles. The average Bonchev–Trinajstić information content (AvgIpc) is 2.55. The Bertz CT molecular complexity index is 882. The van der Waals surface area contributed by atoms with E-state index in [4.69, 9.17) is 28.5 Å². The standard InChI is InChI=1S/C17H16Cl2N4O2/c1-11-6-12(2)8-13(7-11)22(5-3-4-20)15(24)10-23-17(25)16(19)14(18)9-21-23/h6-9H,3,5,10H2,1-2H3. The maximum Gasteiger partial charge on any atom is 0.287 e. The largest absolute Gasteiger partial charge is 0.310 e. The molecule has 0 N–H and O–H groups in total. The summed E-state index contributed by atoms with van der Waals surface area (Å²) in [6.45, 7) is 3.77. The molecule has 6 nitrogen and oxygen atoms in total. The molecule has 0 spiro atoms. The number of rotatable bonds is 5. The third-order valence-corrected chi connectivity index (χ3v) is 4.24. The predicted octanol–water partition coefficient (Wildman–Crippen LogP) is 3.11. The van der Waals surface area contributed by atoms with E-state index in [1.807, 2.05) is 38.1 Å². The number of aromatic nitrogens is 2. The van der Waals surface area contributed by atoms with Gasteiger partial charge in [0.25, 0.3) is 5.56 Å². The van der Waals surface area contributed by atoms with Gasteiger partial charge in [-0.05, 0) is 37.1 Å². The normalized spacial score (nSPS) is 10.4. The lowest BCUT2D eigenvalue weighted by molar-refractivity contribution is -0.119. The molecule has 0 atom stereocenters. The summed E-state index contributed by atoms with van der Waals surface area (Å²) in [7, 11) is 0. The van der Waals surface area contributed by atoms with Crippen molar-refractivity contribution in [1.82, 2.24) is 9.78 Å². The molecule has 2 aromatic rings. The van der Waals surface area contributed by atoms with Gasteiger partial charge in [0.05, 0.1) is 23.7 Å². The molecular formula is C17H16Cl2N4O2. The number of hydrogen-bond donors (Lipinski definition) is 0. The highest BCUT2D eigenvalue weighted by Crippen LogP contribution is 2.20. The minimum Gasteiger partial charge on any atom is -0.310 e. The number of halogens is 2. The summed E-state index contributed by atoms with van der Waals surface area (Å²) in [4.78, 5) is 26.3. The number of benzene rings is 1. The summed E-state index contributed by atoms with van der Waals surface area (Å²) >= 11 is 11.6. The summed E-state index contributed by atoms with van der Waals surface area (Å²) in [5.74, 6) is -0.367. The zero-order chi connectivity index (χ0) is 18.6. The summed E-state index contributed by atoms with van der Waals surface area (Å²) in [5, 5.41) is 12.6. The number of nitrogens with zero attached hydrogens (tertiary/aromatic N) is 4. The highest BCUT2D eigenvalue weighted by Gasteiger charge is 2.19. The molecule has 0 saturated heterocycles. The third kappa shape index (κ3) is 4.59. The van der Waals surface area contributed by atoms with Crippen molar-refractivity contribution < 1.29 is 4.79 Å². The second-order valence-electron chi connectivity index (χ2n) is 5.57. The highest BCUT2D eigenvalue weighted by atomic mass is 35.5. The van der Waals surface area contributed by atoms with Crippen molar-refractivity contribution in [3.63, 3.8) is 0 Å². The molecule has 130 valence electrons. The van der Waals surface area contributed by atoms with Crippen molar-refractivity contribution in [2.75, 3.05) is 11.4 Å². The molecule has 0 radical (unpaired) electrons. The van der Waals surface area contributed by atoms with Crippen molar-refractivity contribution in [3.05, 3.63) is 55.9 Å². The number of carbonyl (C=O) groups excluding carboxylic acids is 1. The van der Waals surface area contributed by atoms with Crippen LogP contribution in [-0.4, -0.2) is 22.2 Å². The first-order valence-corrected chi connectivity index (χ1v) is 8.26. The number of amides is 1. The fraction of sp³-hybridized carbons (Fsp3) is 0.294.